The Balaban J connectivity index is 1.40. The number of aromatic amines is 1. The van der Waals surface area contributed by atoms with Gasteiger partial charge in [-0.25, -0.2) is 18.3 Å². The summed E-state index contributed by atoms with van der Waals surface area (Å²) in [4.78, 5) is 26.4. The van der Waals surface area contributed by atoms with Crippen LogP contribution < -0.4 is 5.56 Å². The predicted octanol–water partition coefficient (Wildman–Crippen LogP) is 3.77. The number of hydrogen-bond acceptors (Lipinski definition) is 3. The quantitative estimate of drug-likeness (QED) is 0.692. The molecular formula is C23H20F3N3O2. The normalized spacial score (nSPS) is 22.1. The number of likely N-dealkylation sites (tertiary alicyclic amines) is 1. The van der Waals surface area contributed by atoms with E-state index in [0.717, 1.165) is 0 Å². The van der Waals surface area contributed by atoms with Crippen LogP contribution in [0.2, 0.25) is 0 Å². The number of amides is 1. The second-order valence-corrected chi connectivity index (χ2v) is 8.53. The first kappa shape index (κ1) is 19.8. The lowest BCUT2D eigenvalue weighted by atomic mass is 10.0. The van der Waals surface area contributed by atoms with Gasteiger partial charge in [0.25, 0.3) is 11.5 Å². The topological polar surface area (TPSA) is 66.1 Å². The van der Waals surface area contributed by atoms with E-state index in [-0.39, 0.29) is 48.9 Å². The van der Waals surface area contributed by atoms with Crippen molar-refractivity contribution in [2.24, 2.45) is 11.8 Å². The molecule has 8 heteroatoms. The van der Waals surface area contributed by atoms with E-state index in [0.29, 0.717) is 28.5 Å². The van der Waals surface area contributed by atoms with Crippen LogP contribution in [0.3, 0.4) is 0 Å². The molecule has 2 unspecified atom stereocenters. The van der Waals surface area contributed by atoms with E-state index < -0.39 is 17.6 Å². The number of fused-ring (bicyclic) bond motifs is 2. The first-order chi connectivity index (χ1) is 14.8. The average Bonchev–Trinajstić information content (AvgIpc) is 3.25. The van der Waals surface area contributed by atoms with E-state index in [1.807, 2.05) is 0 Å². The van der Waals surface area contributed by atoms with E-state index in [1.54, 1.807) is 30.3 Å². The first-order valence-corrected chi connectivity index (χ1v) is 10.2. The smallest absolute Gasteiger partial charge is 0.272 e. The van der Waals surface area contributed by atoms with Gasteiger partial charge in [-0.3, -0.25) is 9.59 Å². The molecule has 0 bridgehead atoms. The number of hydrogen-bond donors (Lipinski definition) is 1. The summed E-state index contributed by atoms with van der Waals surface area (Å²) in [5.41, 5.74) is 0.913. The molecule has 5 nitrogen and oxygen atoms in total. The summed E-state index contributed by atoms with van der Waals surface area (Å²) in [6.45, 7) is 0.462. The van der Waals surface area contributed by atoms with Gasteiger partial charge in [0.1, 0.15) is 5.82 Å². The van der Waals surface area contributed by atoms with Crippen LogP contribution in [-0.2, 0) is 6.42 Å². The maximum Gasteiger partial charge on any atom is 0.272 e. The summed E-state index contributed by atoms with van der Waals surface area (Å²) < 4.78 is 41.7. The molecule has 1 saturated carbocycles. The van der Waals surface area contributed by atoms with Gasteiger partial charge in [-0.15, -0.1) is 0 Å². The van der Waals surface area contributed by atoms with E-state index >= 15 is 0 Å². The minimum atomic E-state index is -2.66. The van der Waals surface area contributed by atoms with Crippen LogP contribution in [0.4, 0.5) is 13.2 Å². The van der Waals surface area contributed by atoms with Crippen molar-refractivity contribution in [3.8, 4) is 0 Å². The van der Waals surface area contributed by atoms with Crippen molar-refractivity contribution in [2.45, 2.75) is 25.2 Å². The zero-order chi connectivity index (χ0) is 21.8. The van der Waals surface area contributed by atoms with Gasteiger partial charge in [0, 0.05) is 37.7 Å². The fourth-order valence-electron chi connectivity index (χ4n) is 4.93. The molecule has 3 aromatic rings. The minimum absolute atomic E-state index is 0.0713. The van der Waals surface area contributed by atoms with Crippen LogP contribution in [0, 0.1) is 17.7 Å². The fraction of sp³-hybridized carbons (Fsp3) is 0.348. The molecule has 2 aliphatic rings. The summed E-state index contributed by atoms with van der Waals surface area (Å²) >= 11 is 0. The average molecular weight is 427 g/mol. The van der Waals surface area contributed by atoms with Crippen molar-refractivity contribution in [3.05, 3.63) is 75.5 Å². The van der Waals surface area contributed by atoms with Gasteiger partial charge in [-0.2, -0.15) is 5.10 Å². The van der Waals surface area contributed by atoms with Gasteiger partial charge >= 0.3 is 0 Å². The molecule has 160 valence electrons. The molecule has 1 amide bonds. The number of H-pyrrole nitrogens is 1. The first-order valence-electron chi connectivity index (χ1n) is 10.2. The maximum atomic E-state index is 14.5. The van der Waals surface area contributed by atoms with Crippen LogP contribution in [0.15, 0.2) is 47.3 Å². The number of benzene rings is 2. The Labute approximate surface area is 175 Å². The zero-order valence-electron chi connectivity index (χ0n) is 16.6. The summed E-state index contributed by atoms with van der Waals surface area (Å²) in [6, 6.07) is 11.4. The van der Waals surface area contributed by atoms with Crippen molar-refractivity contribution in [2.75, 3.05) is 13.1 Å². The molecule has 2 heterocycles. The van der Waals surface area contributed by atoms with Crippen LogP contribution >= 0.6 is 0 Å². The molecule has 2 atom stereocenters. The highest BCUT2D eigenvalue weighted by molar-refractivity contribution is 5.95. The molecular weight excluding hydrogens is 407 g/mol. The van der Waals surface area contributed by atoms with Crippen molar-refractivity contribution >= 4 is 16.7 Å². The molecule has 1 aliphatic carbocycles. The second kappa shape index (κ2) is 7.21. The number of halogens is 3. The van der Waals surface area contributed by atoms with E-state index in [4.69, 9.17) is 0 Å². The maximum absolute atomic E-state index is 14.5. The highest BCUT2D eigenvalue weighted by Crippen LogP contribution is 2.47. The number of aromatic nitrogens is 2. The van der Waals surface area contributed by atoms with Gasteiger partial charge in [0.05, 0.1) is 16.6 Å². The van der Waals surface area contributed by atoms with Crippen LogP contribution in [0.25, 0.3) is 10.8 Å². The minimum Gasteiger partial charge on any atom is -0.338 e. The van der Waals surface area contributed by atoms with Crippen LogP contribution in [-0.4, -0.2) is 40.0 Å². The van der Waals surface area contributed by atoms with Gasteiger partial charge in [0.2, 0.25) is 5.92 Å². The standard InChI is InChI=1S/C23H20F3N3O2/c24-19-6-5-13(8-20-16-3-1-2-4-17(16)21(30)28-27-20)7-18(19)22(31)29-11-14-9-23(25,26)10-15(14)12-29/h1-7,14-15H,8-12H2,(H,28,30). The largest absolute Gasteiger partial charge is 0.338 e. The lowest BCUT2D eigenvalue weighted by Crippen LogP contribution is -2.31. The number of rotatable bonds is 3. The fourth-order valence-corrected chi connectivity index (χ4v) is 4.93. The SMILES string of the molecule is O=C(c1cc(Cc2n[nH]c(=O)c3ccccc23)ccc1F)N1CC2CC(F)(F)CC2C1. The Kier molecular flexibility index (Phi) is 4.60. The van der Waals surface area contributed by atoms with E-state index in [1.165, 1.54) is 17.0 Å². The van der Waals surface area contributed by atoms with Gasteiger partial charge in [0.15, 0.2) is 0 Å². The lowest BCUT2D eigenvalue weighted by molar-refractivity contribution is -0.00245. The van der Waals surface area contributed by atoms with Crippen molar-refractivity contribution in [1.82, 2.24) is 15.1 Å². The third-order valence-electron chi connectivity index (χ3n) is 6.39. The molecule has 0 spiro atoms. The molecule has 1 saturated heterocycles. The molecule has 1 aromatic heterocycles. The molecule has 1 N–H and O–H groups in total. The Bertz CT molecular complexity index is 1220. The van der Waals surface area contributed by atoms with E-state index in [2.05, 4.69) is 10.2 Å². The number of alkyl halides is 2. The van der Waals surface area contributed by atoms with Gasteiger partial charge in [-0.1, -0.05) is 24.3 Å². The monoisotopic (exact) mass is 427 g/mol. The molecule has 2 aromatic carbocycles. The summed E-state index contributed by atoms with van der Waals surface area (Å²) in [5.74, 6) is -4.25. The number of carbonyl (C=O) groups excluding carboxylic acids is 1. The predicted molar refractivity (Wildman–Crippen MR) is 109 cm³/mol. The lowest BCUT2D eigenvalue weighted by Gasteiger charge is -2.20. The van der Waals surface area contributed by atoms with Crippen molar-refractivity contribution in [3.63, 3.8) is 0 Å². The van der Waals surface area contributed by atoms with Gasteiger partial charge < -0.3 is 4.90 Å². The molecule has 2 fully saturated rings. The Morgan fingerprint density at radius 1 is 1.10 bits per heavy atom. The summed E-state index contributed by atoms with van der Waals surface area (Å²) in [7, 11) is 0. The third-order valence-corrected chi connectivity index (χ3v) is 6.39. The zero-order valence-corrected chi connectivity index (χ0v) is 16.6. The summed E-state index contributed by atoms with van der Waals surface area (Å²) in [6.07, 6.45) is -0.126. The highest BCUT2D eigenvalue weighted by Gasteiger charge is 2.51. The molecule has 31 heavy (non-hydrogen) atoms. The third kappa shape index (κ3) is 3.60. The number of carbonyl (C=O) groups is 1. The van der Waals surface area contributed by atoms with Crippen molar-refractivity contribution in [1.29, 1.82) is 0 Å². The molecule has 1 aliphatic heterocycles. The van der Waals surface area contributed by atoms with Crippen LogP contribution in [0.1, 0.15) is 34.5 Å². The molecule has 0 radical (unpaired) electrons. The van der Waals surface area contributed by atoms with E-state index in [9.17, 15) is 22.8 Å². The number of nitrogens with one attached hydrogen (secondary N) is 1. The van der Waals surface area contributed by atoms with Crippen molar-refractivity contribution < 1.29 is 18.0 Å². The molecule has 5 rings (SSSR count). The summed E-state index contributed by atoms with van der Waals surface area (Å²) in [5, 5.41) is 7.80. The van der Waals surface area contributed by atoms with Crippen LogP contribution in [0.5, 0.6) is 0 Å². The van der Waals surface area contributed by atoms with Gasteiger partial charge in [-0.05, 0) is 35.6 Å². The Morgan fingerprint density at radius 2 is 1.77 bits per heavy atom. The Hall–Kier alpha value is -3.16. The Morgan fingerprint density at radius 3 is 2.48 bits per heavy atom. The highest BCUT2D eigenvalue weighted by atomic mass is 19.3. The number of nitrogens with zero attached hydrogens (tertiary/aromatic N) is 2. The second-order valence-electron chi connectivity index (χ2n) is 8.53.